The van der Waals surface area contributed by atoms with Gasteiger partial charge in [-0.25, -0.2) is 0 Å². The van der Waals surface area contributed by atoms with Crippen LogP contribution < -0.4 is 25.1 Å². The van der Waals surface area contributed by atoms with E-state index in [1.165, 1.54) is 78.5 Å². The topological polar surface area (TPSA) is 106 Å². The fourth-order valence-electron chi connectivity index (χ4n) is 8.14. The fraction of sp³-hybridized carbons (Fsp3) is 0.463. The van der Waals surface area contributed by atoms with Crippen molar-refractivity contribution < 1.29 is 24.4 Å². The van der Waals surface area contributed by atoms with Crippen LogP contribution in [-0.4, -0.2) is 56.6 Å². The molecule has 8 nitrogen and oxygen atoms in total. The molecule has 0 aromatic heterocycles. The first-order chi connectivity index (χ1) is 23.7. The predicted octanol–water partition coefficient (Wildman–Crippen LogP) is 8.30. The molecule has 5 aromatic carbocycles. The van der Waals surface area contributed by atoms with Crippen molar-refractivity contribution in [1.82, 2.24) is 4.90 Å². The van der Waals surface area contributed by atoms with E-state index in [1.807, 2.05) is 13.0 Å². The summed E-state index contributed by atoms with van der Waals surface area (Å²) in [5, 5.41) is 27.6. The molecule has 49 heavy (non-hydrogen) atoms. The largest absolute Gasteiger partial charge is 0.507 e. The van der Waals surface area contributed by atoms with Crippen LogP contribution >= 0.6 is 0 Å². The zero-order chi connectivity index (χ0) is 35.0. The zero-order valence-electron chi connectivity index (χ0n) is 29.8. The maximum absolute atomic E-state index is 13.9. The number of methoxy groups -OCH3 is 3. The van der Waals surface area contributed by atoms with Crippen LogP contribution in [0.1, 0.15) is 88.3 Å². The third kappa shape index (κ3) is 5.88. The number of allylic oxidation sites excluding steroid dienone is 1. The van der Waals surface area contributed by atoms with Crippen molar-refractivity contribution in [2.75, 3.05) is 41.5 Å². The first kappa shape index (κ1) is 34.6. The van der Waals surface area contributed by atoms with Gasteiger partial charge in [-0.3, -0.25) is 9.59 Å². The van der Waals surface area contributed by atoms with E-state index in [0.29, 0.717) is 56.8 Å². The standard InChI is InChI=1S/C41H49NO7/c1-7-42(3)18-16-14-12-10-8-9-11-13-15-17-24-25-19-23(2)20-26-32-31(25)37-33(39(24)45)27(43)21-29(47-4)35(37)36-30(48-5)22-28(44)34(38(32)36)40(46)41(26)49-6/h20-22,45-46H,7-19H2,1-6H3. The van der Waals surface area contributed by atoms with Gasteiger partial charge in [-0.2, -0.15) is 0 Å². The van der Waals surface area contributed by atoms with Crippen LogP contribution in [0.5, 0.6) is 28.7 Å². The number of benzene rings is 5. The minimum atomic E-state index is -0.400. The summed E-state index contributed by atoms with van der Waals surface area (Å²) in [6.45, 7) is 6.49. The molecule has 5 aromatic rings. The molecule has 0 atom stereocenters. The molecule has 2 N–H and O–H groups in total. The summed E-state index contributed by atoms with van der Waals surface area (Å²) in [5.41, 5.74) is 2.59. The highest BCUT2D eigenvalue weighted by Gasteiger charge is 2.32. The minimum Gasteiger partial charge on any atom is -0.507 e. The minimum absolute atomic E-state index is 0.0115. The van der Waals surface area contributed by atoms with Gasteiger partial charge in [0.25, 0.3) is 0 Å². The van der Waals surface area contributed by atoms with E-state index in [-0.39, 0.29) is 33.4 Å². The monoisotopic (exact) mass is 667 g/mol. The van der Waals surface area contributed by atoms with Gasteiger partial charge < -0.3 is 29.3 Å². The summed E-state index contributed by atoms with van der Waals surface area (Å²) in [5.74, 6) is 0.590. The quantitative estimate of drug-likeness (QED) is 0.0615. The number of unbranched alkanes of at least 4 members (excludes halogenated alkanes) is 8. The number of phenolic OH excluding ortho intramolecular Hbond substituents is 2. The van der Waals surface area contributed by atoms with Crippen LogP contribution in [0.3, 0.4) is 0 Å². The molecule has 0 unspecified atom stereocenters. The van der Waals surface area contributed by atoms with Crippen molar-refractivity contribution in [3.05, 3.63) is 54.8 Å². The molecule has 260 valence electrons. The van der Waals surface area contributed by atoms with Gasteiger partial charge in [0.15, 0.2) is 22.4 Å². The Labute approximate surface area is 287 Å². The molecule has 0 heterocycles. The molecule has 1 aliphatic rings. The normalized spacial score (nSPS) is 13.0. The SMILES string of the molecule is CCN(C)CCCCCCCCCCCc1c(O)c2c(=O)cc(OC)c3c4c(OC)cc(=O)c5c(O)c(OC)c6c(c(c1CC(C)=C6)c23)c54. The van der Waals surface area contributed by atoms with Crippen LogP contribution in [0.15, 0.2) is 27.3 Å². The second-order valence-corrected chi connectivity index (χ2v) is 13.8. The maximum atomic E-state index is 13.9. The molecule has 0 spiro atoms. The first-order valence-corrected chi connectivity index (χ1v) is 17.8. The Bertz CT molecular complexity index is 2170. The van der Waals surface area contributed by atoms with Crippen molar-refractivity contribution in [2.45, 2.75) is 84.5 Å². The second kappa shape index (κ2) is 14.3. The fourth-order valence-corrected chi connectivity index (χ4v) is 8.14. The van der Waals surface area contributed by atoms with Gasteiger partial charge in [0.1, 0.15) is 17.2 Å². The molecule has 8 heteroatoms. The molecule has 0 saturated carbocycles. The number of rotatable bonds is 16. The lowest BCUT2D eigenvalue weighted by Crippen LogP contribution is -2.18. The molecule has 0 fully saturated rings. The van der Waals surface area contributed by atoms with Crippen LogP contribution in [-0.2, 0) is 12.8 Å². The van der Waals surface area contributed by atoms with Crippen molar-refractivity contribution >= 4 is 49.2 Å². The summed E-state index contributed by atoms with van der Waals surface area (Å²) >= 11 is 0. The summed E-state index contributed by atoms with van der Waals surface area (Å²) in [7, 11) is 6.65. The Hall–Kier alpha value is -4.30. The maximum Gasteiger partial charge on any atom is 0.194 e. The Kier molecular flexibility index (Phi) is 10.1. The van der Waals surface area contributed by atoms with Crippen LogP contribution in [0, 0.1) is 0 Å². The highest BCUT2D eigenvalue weighted by Crippen LogP contribution is 2.55. The molecule has 0 amide bonds. The molecule has 1 aliphatic carbocycles. The Morgan fingerprint density at radius 1 is 0.673 bits per heavy atom. The van der Waals surface area contributed by atoms with E-state index < -0.39 is 5.43 Å². The summed E-state index contributed by atoms with van der Waals surface area (Å²) in [6.07, 6.45) is 13.7. The predicted molar refractivity (Wildman–Crippen MR) is 200 cm³/mol. The molecule has 0 radical (unpaired) electrons. The number of ether oxygens (including phenoxy) is 3. The van der Waals surface area contributed by atoms with Gasteiger partial charge in [-0.1, -0.05) is 63.5 Å². The van der Waals surface area contributed by atoms with Gasteiger partial charge in [0.2, 0.25) is 0 Å². The third-order valence-corrected chi connectivity index (χ3v) is 10.7. The smallest absolute Gasteiger partial charge is 0.194 e. The average Bonchev–Trinajstić information content (AvgIpc) is 3.24. The summed E-state index contributed by atoms with van der Waals surface area (Å²) in [4.78, 5) is 29.9. The zero-order valence-corrected chi connectivity index (χ0v) is 29.8. The van der Waals surface area contributed by atoms with E-state index in [9.17, 15) is 19.8 Å². The molecular weight excluding hydrogens is 618 g/mol. The number of aromatic hydroxyl groups is 2. The number of nitrogens with zero attached hydrogens (tertiary/aromatic N) is 1. The lowest BCUT2D eigenvalue weighted by Gasteiger charge is -2.24. The molecule has 0 bridgehead atoms. The van der Waals surface area contributed by atoms with E-state index in [2.05, 4.69) is 18.9 Å². The van der Waals surface area contributed by atoms with E-state index in [4.69, 9.17) is 14.2 Å². The van der Waals surface area contributed by atoms with Gasteiger partial charge in [0, 0.05) is 44.6 Å². The van der Waals surface area contributed by atoms with Gasteiger partial charge >= 0.3 is 0 Å². The van der Waals surface area contributed by atoms with Gasteiger partial charge in [-0.15, -0.1) is 0 Å². The highest BCUT2D eigenvalue weighted by atomic mass is 16.5. The van der Waals surface area contributed by atoms with Crippen LogP contribution in [0.4, 0.5) is 0 Å². The number of hydrogen-bond donors (Lipinski definition) is 2. The van der Waals surface area contributed by atoms with E-state index >= 15 is 0 Å². The Morgan fingerprint density at radius 3 is 1.76 bits per heavy atom. The number of phenols is 2. The Balaban J connectivity index is 1.46. The van der Waals surface area contributed by atoms with E-state index in [1.54, 1.807) is 0 Å². The Morgan fingerprint density at radius 2 is 1.20 bits per heavy atom. The van der Waals surface area contributed by atoms with Crippen molar-refractivity contribution in [3.8, 4) is 28.7 Å². The number of hydrogen-bond acceptors (Lipinski definition) is 8. The molecule has 0 saturated heterocycles. The molecular formula is C41H49NO7. The lowest BCUT2D eigenvalue weighted by molar-refractivity contribution is 0.340. The van der Waals surface area contributed by atoms with Crippen LogP contribution in [0.2, 0.25) is 0 Å². The second-order valence-electron chi connectivity index (χ2n) is 13.8. The average molecular weight is 668 g/mol. The first-order valence-electron chi connectivity index (χ1n) is 17.8. The summed E-state index contributed by atoms with van der Waals surface area (Å²) < 4.78 is 17.4. The van der Waals surface area contributed by atoms with Gasteiger partial charge in [-0.05, 0) is 69.3 Å². The van der Waals surface area contributed by atoms with Crippen LogP contribution in [0.25, 0.3) is 49.2 Å². The van der Waals surface area contributed by atoms with E-state index in [0.717, 1.165) is 47.9 Å². The third-order valence-electron chi connectivity index (χ3n) is 10.7. The molecule has 0 aliphatic heterocycles. The molecule has 6 rings (SSSR count). The van der Waals surface area contributed by atoms with Gasteiger partial charge in [0.05, 0.1) is 32.1 Å². The van der Waals surface area contributed by atoms with Crippen molar-refractivity contribution in [1.29, 1.82) is 0 Å². The van der Waals surface area contributed by atoms with Crippen molar-refractivity contribution in [3.63, 3.8) is 0 Å². The van der Waals surface area contributed by atoms with Crippen molar-refractivity contribution in [2.24, 2.45) is 0 Å². The lowest BCUT2D eigenvalue weighted by atomic mass is 9.81. The summed E-state index contributed by atoms with van der Waals surface area (Å²) in [6, 6.07) is 2.76. The number of fused-ring (bicyclic) bond motifs is 1. The highest BCUT2D eigenvalue weighted by molar-refractivity contribution is 6.39.